The van der Waals surface area contributed by atoms with E-state index in [1.807, 2.05) is 6.20 Å². The van der Waals surface area contributed by atoms with Crippen LogP contribution in [0.15, 0.2) is 30.5 Å². The molecule has 2 atom stereocenters. The first-order chi connectivity index (χ1) is 8.24. The lowest BCUT2D eigenvalue weighted by Gasteiger charge is -2.25. The monoisotopic (exact) mass is 246 g/mol. The van der Waals surface area contributed by atoms with E-state index in [0.717, 1.165) is 12.8 Å². The number of rotatable bonds is 1. The van der Waals surface area contributed by atoms with E-state index in [0.29, 0.717) is 5.92 Å². The Morgan fingerprint density at radius 1 is 1.29 bits per heavy atom. The Morgan fingerprint density at radius 3 is 2.82 bits per heavy atom. The van der Waals surface area contributed by atoms with Crippen molar-refractivity contribution >= 4 is 11.6 Å². The molecular weight excluding hydrogens is 232 g/mol. The summed E-state index contributed by atoms with van der Waals surface area (Å²) in [7, 11) is 0. The second-order valence-electron chi connectivity index (χ2n) is 4.82. The van der Waals surface area contributed by atoms with Crippen LogP contribution in [0.2, 0.25) is 0 Å². The SMILES string of the molecule is Cc1ccc(C2Cc3[nH]ncc3C(Cl)C2)cc1. The van der Waals surface area contributed by atoms with E-state index in [9.17, 15) is 0 Å². The van der Waals surface area contributed by atoms with Crippen LogP contribution in [0.3, 0.4) is 0 Å². The fourth-order valence-electron chi connectivity index (χ4n) is 2.55. The maximum atomic E-state index is 6.40. The van der Waals surface area contributed by atoms with Gasteiger partial charge >= 0.3 is 0 Å². The summed E-state index contributed by atoms with van der Waals surface area (Å²) in [6, 6.07) is 8.76. The average molecular weight is 247 g/mol. The number of alkyl halides is 1. The van der Waals surface area contributed by atoms with Gasteiger partial charge < -0.3 is 0 Å². The van der Waals surface area contributed by atoms with Gasteiger partial charge in [-0.2, -0.15) is 5.10 Å². The van der Waals surface area contributed by atoms with Crippen molar-refractivity contribution in [3.8, 4) is 0 Å². The van der Waals surface area contributed by atoms with Crippen molar-refractivity contribution in [2.75, 3.05) is 0 Å². The standard InChI is InChI=1S/C14H15ClN2/c1-9-2-4-10(5-3-9)11-6-13(15)12-8-16-17-14(12)7-11/h2-5,8,11,13H,6-7H2,1H3,(H,16,17). The molecule has 2 nitrogen and oxygen atoms in total. The first-order valence-electron chi connectivity index (χ1n) is 5.97. The number of hydrogen-bond donors (Lipinski definition) is 1. The van der Waals surface area contributed by atoms with Crippen LogP contribution in [-0.4, -0.2) is 10.2 Å². The maximum absolute atomic E-state index is 6.40. The van der Waals surface area contributed by atoms with Crippen molar-refractivity contribution in [3.05, 3.63) is 52.8 Å². The highest BCUT2D eigenvalue weighted by molar-refractivity contribution is 6.21. The Morgan fingerprint density at radius 2 is 2.06 bits per heavy atom. The van der Waals surface area contributed by atoms with Gasteiger partial charge in [0.15, 0.2) is 0 Å². The summed E-state index contributed by atoms with van der Waals surface area (Å²) in [5, 5.41) is 7.24. The number of hydrogen-bond acceptors (Lipinski definition) is 1. The largest absolute Gasteiger partial charge is 0.282 e. The minimum Gasteiger partial charge on any atom is -0.282 e. The van der Waals surface area contributed by atoms with E-state index >= 15 is 0 Å². The molecule has 1 heterocycles. The fourth-order valence-corrected chi connectivity index (χ4v) is 2.96. The number of aryl methyl sites for hydroxylation is 1. The van der Waals surface area contributed by atoms with Gasteiger partial charge in [-0.05, 0) is 31.2 Å². The molecule has 0 fully saturated rings. The number of aromatic nitrogens is 2. The smallest absolute Gasteiger partial charge is 0.0624 e. The van der Waals surface area contributed by atoms with Crippen LogP contribution in [0.25, 0.3) is 0 Å². The van der Waals surface area contributed by atoms with Gasteiger partial charge in [-0.15, -0.1) is 11.6 Å². The van der Waals surface area contributed by atoms with Crippen molar-refractivity contribution in [1.82, 2.24) is 10.2 Å². The third-order valence-corrected chi connectivity index (χ3v) is 3.99. The van der Waals surface area contributed by atoms with Crippen LogP contribution in [0.5, 0.6) is 0 Å². The first-order valence-corrected chi connectivity index (χ1v) is 6.40. The average Bonchev–Trinajstić information content (AvgIpc) is 2.78. The predicted molar refractivity (Wildman–Crippen MR) is 69.4 cm³/mol. The van der Waals surface area contributed by atoms with Crippen molar-refractivity contribution in [1.29, 1.82) is 0 Å². The van der Waals surface area contributed by atoms with Crippen molar-refractivity contribution < 1.29 is 0 Å². The summed E-state index contributed by atoms with van der Waals surface area (Å²) >= 11 is 6.40. The number of aromatic amines is 1. The topological polar surface area (TPSA) is 28.7 Å². The second-order valence-corrected chi connectivity index (χ2v) is 5.35. The number of H-pyrrole nitrogens is 1. The zero-order valence-corrected chi connectivity index (χ0v) is 10.5. The lowest BCUT2D eigenvalue weighted by molar-refractivity contribution is 0.565. The fraction of sp³-hybridized carbons (Fsp3) is 0.357. The van der Waals surface area contributed by atoms with Gasteiger partial charge in [0.2, 0.25) is 0 Å². The summed E-state index contributed by atoms with van der Waals surface area (Å²) in [6.07, 6.45) is 3.87. The summed E-state index contributed by atoms with van der Waals surface area (Å²) in [5.41, 5.74) is 5.05. The maximum Gasteiger partial charge on any atom is 0.0624 e. The van der Waals surface area contributed by atoms with E-state index in [-0.39, 0.29) is 5.38 Å². The van der Waals surface area contributed by atoms with Crippen LogP contribution >= 0.6 is 11.6 Å². The summed E-state index contributed by atoms with van der Waals surface area (Å²) in [4.78, 5) is 0. The van der Waals surface area contributed by atoms with Gasteiger partial charge in [-0.1, -0.05) is 29.8 Å². The number of fused-ring (bicyclic) bond motifs is 1. The molecule has 0 amide bonds. The zero-order valence-electron chi connectivity index (χ0n) is 9.78. The molecule has 88 valence electrons. The molecular formula is C14H15ClN2. The molecule has 3 heteroatoms. The quantitative estimate of drug-likeness (QED) is 0.764. The van der Waals surface area contributed by atoms with Crippen molar-refractivity contribution in [3.63, 3.8) is 0 Å². The van der Waals surface area contributed by atoms with Gasteiger partial charge in [0.05, 0.1) is 11.6 Å². The molecule has 1 aliphatic rings. The Hall–Kier alpha value is -1.28. The van der Waals surface area contributed by atoms with Gasteiger partial charge in [0.25, 0.3) is 0 Å². The van der Waals surface area contributed by atoms with Crippen LogP contribution in [-0.2, 0) is 6.42 Å². The van der Waals surface area contributed by atoms with Gasteiger partial charge in [0.1, 0.15) is 0 Å². The number of halogens is 1. The van der Waals surface area contributed by atoms with Crippen LogP contribution in [0.4, 0.5) is 0 Å². The van der Waals surface area contributed by atoms with Crippen LogP contribution in [0.1, 0.15) is 40.1 Å². The summed E-state index contributed by atoms with van der Waals surface area (Å²) in [5.74, 6) is 0.506. The Balaban J connectivity index is 1.90. The van der Waals surface area contributed by atoms with E-state index in [2.05, 4.69) is 41.4 Å². The van der Waals surface area contributed by atoms with Gasteiger partial charge in [0, 0.05) is 11.3 Å². The number of nitrogens with zero attached hydrogens (tertiary/aromatic N) is 1. The Labute approximate surface area is 106 Å². The first kappa shape index (κ1) is 10.8. The molecule has 0 spiro atoms. The van der Waals surface area contributed by atoms with Gasteiger partial charge in [-0.3, -0.25) is 5.10 Å². The molecule has 2 unspecified atom stereocenters. The highest BCUT2D eigenvalue weighted by Crippen LogP contribution is 2.40. The Bertz CT molecular complexity index is 515. The molecule has 0 radical (unpaired) electrons. The Kier molecular flexibility index (Phi) is 2.67. The van der Waals surface area contributed by atoms with Crippen molar-refractivity contribution in [2.45, 2.75) is 31.1 Å². The summed E-state index contributed by atoms with van der Waals surface area (Å²) < 4.78 is 0. The van der Waals surface area contributed by atoms with Gasteiger partial charge in [-0.25, -0.2) is 0 Å². The molecule has 3 rings (SSSR count). The molecule has 2 aromatic rings. The normalized spacial score (nSPS) is 23.4. The lowest BCUT2D eigenvalue weighted by atomic mass is 9.83. The number of benzene rings is 1. The molecule has 1 aromatic carbocycles. The molecule has 17 heavy (non-hydrogen) atoms. The molecule has 0 saturated heterocycles. The van der Waals surface area contributed by atoms with E-state index in [1.165, 1.54) is 22.4 Å². The molecule has 1 aliphatic carbocycles. The second kappa shape index (κ2) is 4.19. The minimum atomic E-state index is 0.0869. The predicted octanol–water partition coefficient (Wildman–Crippen LogP) is 3.73. The third-order valence-electron chi connectivity index (χ3n) is 3.58. The van der Waals surface area contributed by atoms with E-state index < -0.39 is 0 Å². The van der Waals surface area contributed by atoms with Crippen LogP contribution in [0, 0.1) is 6.92 Å². The molecule has 0 saturated carbocycles. The highest BCUT2D eigenvalue weighted by atomic mass is 35.5. The minimum absolute atomic E-state index is 0.0869. The third kappa shape index (κ3) is 1.98. The molecule has 0 bridgehead atoms. The van der Waals surface area contributed by atoms with Crippen molar-refractivity contribution in [2.24, 2.45) is 0 Å². The summed E-state index contributed by atoms with van der Waals surface area (Å²) in [6.45, 7) is 2.11. The highest BCUT2D eigenvalue weighted by Gasteiger charge is 2.27. The molecule has 1 aromatic heterocycles. The van der Waals surface area contributed by atoms with E-state index in [4.69, 9.17) is 11.6 Å². The zero-order chi connectivity index (χ0) is 11.8. The van der Waals surface area contributed by atoms with Crippen LogP contribution < -0.4 is 0 Å². The van der Waals surface area contributed by atoms with E-state index in [1.54, 1.807) is 0 Å². The molecule has 0 aliphatic heterocycles. The lowest BCUT2D eigenvalue weighted by Crippen LogP contribution is -2.13. The number of nitrogens with one attached hydrogen (secondary N) is 1. The molecule has 1 N–H and O–H groups in total.